The van der Waals surface area contributed by atoms with E-state index in [0.29, 0.717) is 6.61 Å². The van der Waals surface area contributed by atoms with Crippen LogP contribution in [-0.4, -0.2) is 11.2 Å². The maximum atomic E-state index is 12.5. The summed E-state index contributed by atoms with van der Waals surface area (Å²) in [5, 5.41) is 9.09. The van der Waals surface area contributed by atoms with Crippen molar-refractivity contribution in [3.8, 4) is 23.1 Å². The van der Waals surface area contributed by atoms with E-state index in [0.717, 1.165) is 23.4 Å². The molecule has 4 heteroatoms. The van der Waals surface area contributed by atoms with Gasteiger partial charge in [0, 0.05) is 11.6 Å². The molecule has 0 amide bonds. The van der Waals surface area contributed by atoms with Gasteiger partial charge in [0.2, 0.25) is 0 Å². The van der Waals surface area contributed by atoms with Gasteiger partial charge in [0.15, 0.2) is 0 Å². The third-order valence-electron chi connectivity index (χ3n) is 3.71. The molecule has 2 rings (SSSR count). The summed E-state index contributed by atoms with van der Waals surface area (Å²) in [7, 11) is 0. The fourth-order valence-corrected chi connectivity index (χ4v) is 2.41. The van der Waals surface area contributed by atoms with Crippen molar-refractivity contribution in [3.63, 3.8) is 0 Å². The van der Waals surface area contributed by atoms with Gasteiger partial charge in [-0.15, -0.1) is 0 Å². The number of hydrogen-bond donors (Lipinski definition) is 0. The summed E-state index contributed by atoms with van der Waals surface area (Å²) in [5.41, 5.74) is 1.65. The monoisotopic (exact) mass is 296 g/mol. The van der Waals surface area contributed by atoms with Crippen molar-refractivity contribution in [2.45, 2.75) is 33.2 Å². The summed E-state index contributed by atoms with van der Waals surface area (Å²) >= 11 is 0. The lowest BCUT2D eigenvalue weighted by Gasteiger charge is -2.19. The molecule has 0 saturated heterocycles. The molecule has 0 aliphatic carbocycles. The van der Waals surface area contributed by atoms with Crippen LogP contribution in [0.15, 0.2) is 41.2 Å². The Morgan fingerprint density at radius 3 is 2.68 bits per heavy atom. The number of ether oxygens (including phenoxy) is 1. The molecule has 1 aromatic heterocycles. The lowest BCUT2D eigenvalue weighted by Crippen LogP contribution is -2.26. The van der Waals surface area contributed by atoms with Gasteiger partial charge in [0.1, 0.15) is 17.4 Å². The molecule has 0 bridgehead atoms. The van der Waals surface area contributed by atoms with Crippen LogP contribution in [-0.2, 0) is 0 Å². The average molecular weight is 296 g/mol. The van der Waals surface area contributed by atoms with E-state index in [1.807, 2.05) is 57.2 Å². The zero-order chi connectivity index (χ0) is 16.1. The van der Waals surface area contributed by atoms with Crippen molar-refractivity contribution in [2.24, 2.45) is 0 Å². The van der Waals surface area contributed by atoms with E-state index in [1.165, 1.54) is 0 Å². The van der Waals surface area contributed by atoms with Crippen molar-refractivity contribution in [2.75, 3.05) is 6.61 Å². The van der Waals surface area contributed by atoms with Crippen LogP contribution in [0.4, 0.5) is 0 Å². The maximum absolute atomic E-state index is 12.5. The molecular formula is C18H20N2O2. The topological polar surface area (TPSA) is 55.0 Å². The van der Waals surface area contributed by atoms with E-state index in [-0.39, 0.29) is 17.2 Å². The van der Waals surface area contributed by atoms with Gasteiger partial charge in [-0.1, -0.05) is 19.1 Å². The SMILES string of the molecule is CCOc1cccc(-c2ccc(C#N)c(=O)n2C(C)CC)c1. The summed E-state index contributed by atoms with van der Waals surface area (Å²) in [6.45, 7) is 6.54. The molecule has 0 aliphatic rings. The average Bonchev–Trinajstić information content (AvgIpc) is 2.54. The molecular weight excluding hydrogens is 276 g/mol. The van der Waals surface area contributed by atoms with Crippen LogP contribution in [0.3, 0.4) is 0 Å². The number of aromatic nitrogens is 1. The van der Waals surface area contributed by atoms with Crippen LogP contribution in [0.1, 0.15) is 38.8 Å². The first-order valence-corrected chi connectivity index (χ1v) is 7.51. The van der Waals surface area contributed by atoms with Crippen LogP contribution in [0.2, 0.25) is 0 Å². The smallest absolute Gasteiger partial charge is 0.269 e. The molecule has 0 spiro atoms. The van der Waals surface area contributed by atoms with Crippen molar-refractivity contribution >= 4 is 0 Å². The Bertz CT molecular complexity index is 756. The Hall–Kier alpha value is -2.54. The van der Waals surface area contributed by atoms with Gasteiger partial charge < -0.3 is 9.30 Å². The second kappa shape index (κ2) is 6.95. The Balaban J connectivity index is 2.65. The first kappa shape index (κ1) is 15.8. The fraction of sp³-hybridized carbons (Fsp3) is 0.333. The zero-order valence-electron chi connectivity index (χ0n) is 13.2. The summed E-state index contributed by atoms with van der Waals surface area (Å²) in [5.74, 6) is 0.771. The van der Waals surface area contributed by atoms with Crippen molar-refractivity contribution < 1.29 is 4.74 Å². The minimum atomic E-state index is -0.240. The number of rotatable bonds is 5. The Kier molecular flexibility index (Phi) is 5.00. The first-order valence-electron chi connectivity index (χ1n) is 7.51. The standard InChI is InChI=1S/C18H20N2O2/c1-4-13(3)20-17(10-9-15(12-19)18(20)21)14-7-6-8-16(11-14)22-5-2/h6-11,13H,4-5H2,1-3H3. The summed E-state index contributed by atoms with van der Waals surface area (Å²) in [6.07, 6.45) is 0.812. The Morgan fingerprint density at radius 2 is 2.05 bits per heavy atom. The maximum Gasteiger partial charge on any atom is 0.269 e. The van der Waals surface area contributed by atoms with Crippen LogP contribution >= 0.6 is 0 Å². The van der Waals surface area contributed by atoms with Gasteiger partial charge in [0.25, 0.3) is 5.56 Å². The molecule has 0 radical (unpaired) electrons. The van der Waals surface area contributed by atoms with E-state index in [2.05, 4.69) is 0 Å². The fourth-order valence-electron chi connectivity index (χ4n) is 2.41. The molecule has 1 heterocycles. The highest BCUT2D eigenvalue weighted by molar-refractivity contribution is 5.62. The number of pyridine rings is 1. The second-order valence-electron chi connectivity index (χ2n) is 5.14. The van der Waals surface area contributed by atoms with E-state index >= 15 is 0 Å². The highest BCUT2D eigenvalue weighted by atomic mass is 16.5. The van der Waals surface area contributed by atoms with Gasteiger partial charge in [-0.25, -0.2) is 0 Å². The quantitative estimate of drug-likeness (QED) is 0.844. The van der Waals surface area contributed by atoms with Crippen LogP contribution in [0, 0.1) is 11.3 Å². The molecule has 114 valence electrons. The van der Waals surface area contributed by atoms with Gasteiger partial charge >= 0.3 is 0 Å². The van der Waals surface area contributed by atoms with E-state index in [1.54, 1.807) is 10.6 Å². The van der Waals surface area contributed by atoms with Crippen molar-refractivity contribution in [1.29, 1.82) is 5.26 Å². The number of nitriles is 1. The first-order chi connectivity index (χ1) is 10.6. The van der Waals surface area contributed by atoms with Crippen LogP contribution in [0.25, 0.3) is 11.3 Å². The number of nitrogens with zero attached hydrogens (tertiary/aromatic N) is 2. The lowest BCUT2D eigenvalue weighted by atomic mass is 10.1. The predicted molar refractivity (Wildman–Crippen MR) is 87.0 cm³/mol. The second-order valence-corrected chi connectivity index (χ2v) is 5.14. The highest BCUT2D eigenvalue weighted by Gasteiger charge is 2.14. The lowest BCUT2D eigenvalue weighted by molar-refractivity contribution is 0.340. The zero-order valence-corrected chi connectivity index (χ0v) is 13.2. The molecule has 2 aromatic rings. The minimum Gasteiger partial charge on any atom is -0.494 e. The van der Waals surface area contributed by atoms with Gasteiger partial charge in [-0.3, -0.25) is 4.79 Å². The normalized spacial score (nSPS) is 11.7. The third-order valence-corrected chi connectivity index (χ3v) is 3.71. The highest BCUT2D eigenvalue weighted by Crippen LogP contribution is 2.26. The molecule has 22 heavy (non-hydrogen) atoms. The van der Waals surface area contributed by atoms with E-state index < -0.39 is 0 Å². The van der Waals surface area contributed by atoms with Crippen LogP contribution < -0.4 is 10.3 Å². The number of hydrogen-bond acceptors (Lipinski definition) is 3. The summed E-state index contributed by atoms with van der Waals surface area (Å²) in [4.78, 5) is 12.5. The molecule has 4 nitrogen and oxygen atoms in total. The molecule has 0 N–H and O–H groups in total. The number of benzene rings is 1. The molecule has 0 aliphatic heterocycles. The summed E-state index contributed by atoms with van der Waals surface area (Å²) in [6, 6.07) is 13.1. The van der Waals surface area contributed by atoms with Gasteiger partial charge in [0.05, 0.1) is 12.3 Å². The third kappa shape index (κ3) is 3.04. The summed E-state index contributed by atoms with van der Waals surface area (Å²) < 4.78 is 7.23. The van der Waals surface area contributed by atoms with E-state index in [4.69, 9.17) is 10.00 Å². The molecule has 0 saturated carbocycles. The van der Waals surface area contributed by atoms with E-state index in [9.17, 15) is 4.79 Å². The molecule has 1 unspecified atom stereocenters. The minimum absolute atomic E-state index is 0.0200. The molecule has 1 atom stereocenters. The Morgan fingerprint density at radius 1 is 1.27 bits per heavy atom. The van der Waals surface area contributed by atoms with Gasteiger partial charge in [-0.2, -0.15) is 5.26 Å². The molecule has 0 fully saturated rings. The van der Waals surface area contributed by atoms with Crippen molar-refractivity contribution in [3.05, 3.63) is 52.3 Å². The largest absolute Gasteiger partial charge is 0.494 e. The predicted octanol–water partition coefficient (Wildman–Crippen LogP) is 3.76. The van der Waals surface area contributed by atoms with Crippen molar-refractivity contribution in [1.82, 2.24) is 4.57 Å². The Labute approximate surface area is 130 Å². The molecule has 1 aromatic carbocycles. The van der Waals surface area contributed by atoms with Crippen LogP contribution in [0.5, 0.6) is 5.75 Å². The van der Waals surface area contributed by atoms with Gasteiger partial charge in [-0.05, 0) is 44.5 Å².